The van der Waals surface area contributed by atoms with E-state index in [0.29, 0.717) is 39.9 Å². The summed E-state index contributed by atoms with van der Waals surface area (Å²) >= 11 is 1.29. The van der Waals surface area contributed by atoms with Crippen molar-refractivity contribution in [3.63, 3.8) is 0 Å². The standard InChI is InChI=1S/C29H26N2O5S/c1-3-4-16-36-20-12-10-18(11-13-20)25-24(26(32)19-8-6-5-7-9-19)27(33)28(34)31(25)29-30-22-15-14-21(35-2)17-23(22)37-29/h5-15,17,25,32H,3-4,16H2,1-2H3/b26-24+. The van der Waals surface area contributed by atoms with Gasteiger partial charge in [-0.25, -0.2) is 4.98 Å². The molecule has 1 atom stereocenters. The summed E-state index contributed by atoms with van der Waals surface area (Å²) in [6.07, 6.45) is 1.97. The first-order chi connectivity index (χ1) is 18.0. The van der Waals surface area contributed by atoms with E-state index in [-0.39, 0.29) is 11.3 Å². The Balaban J connectivity index is 1.63. The maximum atomic E-state index is 13.4. The second-order valence-corrected chi connectivity index (χ2v) is 9.65. The highest BCUT2D eigenvalue weighted by molar-refractivity contribution is 7.22. The number of ether oxygens (including phenoxy) is 2. The highest BCUT2D eigenvalue weighted by Crippen LogP contribution is 2.44. The smallest absolute Gasteiger partial charge is 0.301 e. The van der Waals surface area contributed by atoms with Crippen LogP contribution in [-0.2, 0) is 9.59 Å². The molecule has 1 aromatic heterocycles. The molecular weight excluding hydrogens is 488 g/mol. The number of benzene rings is 3. The molecule has 1 saturated heterocycles. The number of anilines is 1. The number of thiazole rings is 1. The Morgan fingerprint density at radius 3 is 2.46 bits per heavy atom. The number of amides is 1. The number of Topliss-reactive ketones (excluding diaryl/α,β-unsaturated/α-hetero) is 1. The number of methoxy groups -OCH3 is 1. The van der Waals surface area contributed by atoms with Gasteiger partial charge in [-0.3, -0.25) is 14.5 Å². The van der Waals surface area contributed by atoms with E-state index >= 15 is 0 Å². The molecule has 1 unspecified atom stereocenters. The number of rotatable bonds is 8. The van der Waals surface area contributed by atoms with Gasteiger partial charge in [-0.2, -0.15) is 0 Å². The number of carbonyl (C=O) groups is 2. The van der Waals surface area contributed by atoms with Gasteiger partial charge in [0.1, 0.15) is 17.3 Å². The van der Waals surface area contributed by atoms with Crippen LogP contribution in [0.15, 0.2) is 78.4 Å². The van der Waals surface area contributed by atoms with E-state index in [1.165, 1.54) is 16.2 Å². The molecule has 7 nitrogen and oxygen atoms in total. The highest BCUT2D eigenvalue weighted by atomic mass is 32.1. The van der Waals surface area contributed by atoms with Crippen LogP contribution in [-0.4, -0.2) is 35.5 Å². The SMILES string of the molecule is CCCCOc1ccc(C2/C(=C(\O)c3ccccc3)C(=O)C(=O)N2c2nc3ccc(OC)cc3s2)cc1. The summed E-state index contributed by atoms with van der Waals surface area (Å²) in [5.74, 6) is -0.353. The summed E-state index contributed by atoms with van der Waals surface area (Å²) < 4.78 is 11.9. The number of carbonyl (C=O) groups excluding carboxylic acids is 2. The summed E-state index contributed by atoms with van der Waals surface area (Å²) in [6, 6.07) is 20.6. The fraction of sp³-hybridized carbons (Fsp3) is 0.207. The van der Waals surface area contributed by atoms with E-state index in [2.05, 4.69) is 11.9 Å². The van der Waals surface area contributed by atoms with Crippen LogP contribution < -0.4 is 14.4 Å². The first-order valence-corrected chi connectivity index (χ1v) is 12.9. The van der Waals surface area contributed by atoms with Gasteiger partial charge in [-0.05, 0) is 42.3 Å². The summed E-state index contributed by atoms with van der Waals surface area (Å²) in [5, 5.41) is 11.6. The van der Waals surface area contributed by atoms with E-state index < -0.39 is 17.7 Å². The van der Waals surface area contributed by atoms with E-state index in [1.54, 1.807) is 37.4 Å². The van der Waals surface area contributed by atoms with Crippen LogP contribution in [0.2, 0.25) is 0 Å². The lowest BCUT2D eigenvalue weighted by molar-refractivity contribution is -0.132. The fourth-order valence-electron chi connectivity index (χ4n) is 4.30. The third-order valence-electron chi connectivity index (χ3n) is 6.24. The number of nitrogens with zero attached hydrogens (tertiary/aromatic N) is 2. The molecule has 0 radical (unpaired) electrons. The van der Waals surface area contributed by atoms with Crippen LogP contribution in [0.1, 0.15) is 36.9 Å². The normalized spacial score (nSPS) is 16.9. The molecule has 0 spiro atoms. The zero-order valence-electron chi connectivity index (χ0n) is 20.5. The molecule has 0 aliphatic carbocycles. The van der Waals surface area contributed by atoms with Gasteiger partial charge in [0.05, 0.1) is 35.5 Å². The first-order valence-electron chi connectivity index (χ1n) is 12.1. The molecule has 1 aliphatic heterocycles. The van der Waals surface area contributed by atoms with Crippen LogP contribution in [0.4, 0.5) is 5.13 Å². The van der Waals surface area contributed by atoms with Gasteiger partial charge in [0, 0.05) is 5.56 Å². The van der Waals surface area contributed by atoms with Crippen LogP contribution >= 0.6 is 11.3 Å². The van der Waals surface area contributed by atoms with Crippen molar-refractivity contribution in [2.24, 2.45) is 0 Å². The van der Waals surface area contributed by atoms with Crippen molar-refractivity contribution in [3.8, 4) is 11.5 Å². The average Bonchev–Trinajstić information content (AvgIpc) is 3.46. The summed E-state index contributed by atoms with van der Waals surface area (Å²) in [7, 11) is 1.58. The molecule has 37 heavy (non-hydrogen) atoms. The number of hydrogen-bond acceptors (Lipinski definition) is 7. The Morgan fingerprint density at radius 2 is 1.76 bits per heavy atom. The number of aromatic nitrogens is 1. The molecule has 8 heteroatoms. The van der Waals surface area contributed by atoms with Crippen molar-refractivity contribution in [1.29, 1.82) is 0 Å². The summed E-state index contributed by atoms with van der Waals surface area (Å²) in [6.45, 7) is 2.71. The van der Waals surface area contributed by atoms with Crippen molar-refractivity contribution >= 4 is 44.1 Å². The molecular formula is C29H26N2O5S. The zero-order valence-corrected chi connectivity index (χ0v) is 21.3. The third-order valence-corrected chi connectivity index (χ3v) is 7.26. The van der Waals surface area contributed by atoms with Gasteiger partial charge in [0.2, 0.25) is 0 Å². The predicted octanol–water partition coefficient (Wildman–Crippen LogP) is 6.11. The van der Waals surface area contributed by atoms with Gasteiger partial charge in [0.25, 0.3) is 5.78 Å². The molecule has 1 fully saturated rings. The van der Waals surface area contributed by atoms with E-state index in [0.717, 1.165) is 17.5 Å². The molecule has 2 heterocycles. The lowest BCUT2D eigenvalue weighted by atomic mass is 9.95. The van der Waals surface area contributed by atoms with Crippen molar-refractivity contribution < 1.29 is 24.2 Å². The number of hydrogen-bond donors (Lipinski definition) is 1. The van der Waals surface area contributed by atoms with E-state index in [9.17, 15) is 14.7 Å². The lowest BCUT2D eigenvalue weighted by Crippen LogP contribution is -2.29. The molecule has 1 aliphatic rings. The fourth-order valence-corrected chi connectivity index (χ4v) is 5.32. The maximum absolute atomic E-state index is 13.4. The monoisotopic (exact) mass is 514 g/mol. The van der Waals surface area contributed by atoms with Gasteiger partial charge in [-0.15, -0.1) is 0 Å². The second kappa shape index (κ2) is 10.4. The number of unbranched alkanes of at least 4 members (excludes halogenated alkanes) is 1. The first kappa shape index (κ1) is 24.5. The van der Waals surface area contributed by atoms with Crippen LogP contribution in [0.3, 0.4) is 0 Å². The highest BCUT2D eigenvalue weighted by Gasteiger charge is 2.48. The Hall–Kier alpha value is -4.17. The van der Waals surface area contributed by atoms with E-state index in [1.807, 2.05) is 42.5 Å². The molecule has 3 aromatic carbocycles. The molecule has 5 rings (SSSR count). The minimum atomic E-state index is -0.854. The minimum absolute atomic E-state index is 0.0210. The molecule has 0 bridgehead atoms. The predicted molar refractivity (Wildman–Crippen MR) is 144 cm³/mol. The topological polar surface area (TPSA) is 89.0 Å². The van der Waals surface area contributed by atoms with Gasteiger partial charge in [0.15, 0.2) is 5.13 Å². The Kier molecular flexibility index (Phi) is 6.92. The largest absolute Gasteiger partial charge is 0.507 e. The number of fused-ring (bicyclic) bond motifs is 1. The van der Waals surface area contributed by atoms with Crippen LogP contribution in [0.5, 0.6) is 11.5 Å². The van der Waals surface area contributed by atoms with Gasteiger partial charge in [-0.1, -0.05) is 67.1 Å². The number of aliphatic hydroxyl groups excluding tert-OH is 1. The number of ketones is 1. The van der Waals surface area contributed by atoms with Gasteiger partial charge >= 0.3 is 5.91 Å². The Bertz CT molecular complexity index is 1480. The van der Waals surface area contributed by atoms with Crippen molar-refractivity contribution in [1.82, 2.24) is 4.98 Å². The molecule has 1 N–H and O–H groups in total. The van der Waals surface area contributed by atoms with Crippen LogP contribution in [0.25, 0.3) is 16.0 Å². The zero-order chi connectivity index (χ0) is 25.9. The van der Waals surface area contributed by atoms with Gasteiger partial charge < -0.3 is 14.6 Å². The number of aliphatic hydroxyl groups is 1. The second-order valence-electron chi connectivity index (χ2n) is 8.64. The maximum Gasteiger partial charge on any atom is 0.301 e. The van der Waals surface area contributed by atoms with Crippen molar-refractivity contribution in [2.45, 2.75) is 25.8 Å². The molecule has 4 aromatic rings. The average molecular weight is 515 g/mol. The quantitative estimate of drug-likeness (QED) is 0.132. The van der Waals surface area contributed by atoms with Crippen molar-refractivity contribution in [2.75, 3.05) is 18.6 Å². The molecule has 0 saturated carbocycles. The third kappa shape index (κ3) is 4.68. The lowest BCUT2D eigenvalue weighted by Gasteiger charge is -2.23. The summed E-state index contributed by atoms with van der Waals surface area (Å²) in [4.78, 5) is 32.8. The summed E-state index contributed by atoms with van der Waals surface area (Å²) in [5.41, 5.74) is 1.83. The minimum Gasteiger partial charge on any atom is -0.507 e. The molecule has 188 valence electrons. The Labute approximate surface area is 218 Å². The molecule has 1 amide bonds. The van der Waals surface area contributed by atoms with Crippen molar-refractivity contribution in [3.05, 3.63) is 89.5 Å². The van der Waals surface area contributed by atoms with E-state index in [4.69, 9.17) is 9.47 Å². The van der Waals surface area contributed by atoms with Crippen LogP contribution in [0, 0.1) is 0 Å². The Morgan fingerprint density at radius 1 is 1.03 bits per heavy atom.